The number of aliphatic hydroxyl groups is 1. The zero-order valence-corrected chi connectivity index (χ0v) is 18.9. The number of piperazine rings is 1. The van der Waals surface area contributed by atoms with Crippen LogP contribution in [0, 0.1) is 0 Å². The Morgan fingerprint density at radius 3 is 2.55 bits per heavy atom. The van der Waals surface area contributed by atoms with Gasteiger partial charge in [-0.2, -0.15) is 0 Å². The van der Waals surface area contributed by atoms with Crippen LogP contribution in [-0.2, 0) is 16.1 Å². The van der Waals surface area contributed by atoms with Crippen molar-refractivity contribution >= 4 is 39.6 Å². The van der Waals surface area contributed by atoms with E-state index in [9.17, 15) is 9.90 Å². The standard InChI is InChI=1S/C21H26N8O3S/c22-21-23-10-14(11-24-21)19-25-16-9-15(12-27-1-3-28(4-2-27)17(31)13-30)33-18(16)20(26-19)29-5-7-32-8-6-29/h9-11,13,17,31H,1-8,12H2,(H2,22,23,24). The highest BCUT2D eigenvalue weighted by atomic mass is 32.1. The maximum atomic E-state index is 10.8. The number of nitrogen functional groups attached to an aromatic ring is 1. The van der Waals surface area contributed by atoms with Gasteiger partial charge in [0.2, 0.25) is 5.95 Å². The highest BCUT2D eigenvalue weighted by molar-refractivity contribution is 7.19. The molecule has 5 rings (SSSR count). The van der Waals surface area contributed by atoms with E-state index >= 15 is 0 Å². The van der Waals surface area contributed by atoms with Crippen LogP contribution in [-0.4, -0.2) is 99.8 Å². The summed E-state index contributed by atoms with van der Waals surface area (Å²) in [6.45, 7) is 6.56. The normalized spacial score (nSPS) is 19.1. The summed E-state index contributed by atoms with van der Waals surface area (Å²) in [6.07, 6.45) is 2.86. The molecule has 0 saturated carbocycles. The number of aliphatic hydroxyl groups excluding tert-OH is 1. The summed E-state index contributed by atoms with van der Waals surface area (Å²) in [6, 6.07) is 2.12. The molecule has 0 aromatic carbocycles. The van der Waals surface area contributed by atoms with E-state index in [0.717, 1.165) is 54.3 Å². The first-order valence-electron chi connectivity index (χ1n) is 10.9. The van der Waals surface area contributed by atoms with Gasteiger partial charge in [-0.3, -0.25) is 14.6 Å². The van der Waals surface area contributed by atoms with Crippen LogP contribution in [0.25, 0.3) is 21.6 Å². The van der Waals surface area contributed by atoms with Gasteiger partial charge in [0, 0.05) is 63.1 Å². The van der Waals surface area contributed by atoms with Crippen molar-refractivity contribution in [1.29, 1.82) is 0 Å². The number of aldehydes is 1. The van der Waals surface area contributed by atoms with Gasteiger partial charge in [-0.15, -0.1) is 11.3 Å². The van der Waals surface area contributed by atoms with Crippen molar-refractivity contribution in [3.8, 4) is 11.4 Å². The van der Waals surface area contributed by atoms with E-state index in [1.54, 1.807) is 28.6 Å². The van der Waals surface area contributed by atoms with Crippen LogP contribution in [0.1, 0.15) is 4.88 Å². The molecule has 5 heterocycles. The largest absolute Gasteiger partial charge is 0.378 e. The summed E-state index contributed by atoms with van der Waals surface area (Å²) in [5, 5.41) is 9.74. The molecule has 174 valence electrons. The van der Waals surface area contributed by atoms with Crippen LogP contribution >= 0.6 is 11.3 Å². The number of fused-ring (bicyclic) bond motifs is 1. The predicted octanol–water partition coefficient (Wildman–Crippen LogP) is 0.202. The Morgan fingerprint density at radius 1 is 1.12 bits per heavy atom. The average Bonchev–Trinajstić information content (AvgIpc) is 3.26. The molecular formula is C21H26N8O3S. The first-order chi connectivity index (χ1) is 16.1. The Bertz CT molecular complexity index is 1110. The topological polar surface area (TPSA) is 134 Å². The van der Waals surface area contributed by atoms with Crippen molar-refractivity contribution in [2.24, 2.45) is 0 Å². The van der Waals surface area contributed by atoms with Crippen molar-refractivity contribution in [3.63, 3.8) is 0 Å². The first kappa shape index (κ1) is 22.0. The molecule has 1 unspecified atom stereocenters. The fourth-order valence-electron chi connectivity index (χ4n) is 4.11. The summed E-state index contributed by atoms with van der Waals surface area (Å²) >= 11 is 1.71. The van der Waals surface area contributed by atoms with Gasteiger partial charge in [0.1, 0.15) is 0 Å². The molecule has 0 aliphatic carbocycles. The molecule has 2 fully saturated rings. The summed E-state index contributed by atoms with van der Waals surface area (Å²) in [4.78, 5) is 36.3. The zero-order valence-electron chi connectivity index (χ0n) is 18.1. The van der Waals surface area contributed by atoms with Gasteiger partial charge in [-0.1, -0.05) is 0 Å². The highest BCUT2D eigenvalue weighted by Gasteiger charge is 2.24. The number of thiophene rings is 1. The summed E-state index contributed by atoms with van der Waals surface area (Å²) in [5.41, 5.74) is 7.26. The number of aromatic nitrogens is 4. The molecule has 12 heteroatoms. The van der Waals surface area contributed by atoms with Crippen LogP contribution in [0.2, 0.25) is 0 Å². The summed E-state index contributed by atoms with van der Waals surface area (Å²) < 4.78 is 6.59. The van der Waals surface area contributed by atoms with Gasteiger partial charge in [0.25, 0.3) is 0 Å². The van der Waals surface area contributed by atoms with Crippen molar-refractivity contribution < 1.29 is 14.6 Å². The van der Waals surface area contributed by atoms with Crippen molar-refractivity contribution in [2.45, 2.75) is 12.8 Å². The molecule has 0 spiro atoms. The van der Waals surface area contributed by atoms with E-state index in [-0.39, 0.29) is 5.95 Å². The molecule has 3 aromatic heterocycles. The molecule has 33 heavy (non-hydrogen) atoms. The van der Waals surface area contributed by atoms with E-state index in [1.807, 2.05) is 0 Å². The second-order valence-electron chi connectivity index (χ2n) is 8.09. The van der Waals surface area contributed by atoms with Gasteiger partial charge in [0.05, 0.1) is 29.0 Å². The van der Waals surface area contributed by atoms with E-state index in [0.29, 0.717) is 38.4 Å². The van der Waals surface area contributed by atoms with Gasteiger partial charge in [0.15, 0.2) is 24.2 Å². The molecule has 11 nitrogen and oxygen atoms in total. The number of carbonyl (C=O) groups excluding carboxylic acids is 1. The molecule has 2 aliphatic heterocycles. The van der Waals surface area contributed by atoms with Gasteiger partial charge >= 0.3 is 0 Å². The van der Waals surface area contributed by atoms with Gasteiger partial charge in [-0.25, -0.2) is 19.9 Å². The van der Waals surface area contributed by atoms with E-state index < -0.39 is 6.23 Å². The van der Waals surface area contributed by atoms with Crippen molar-refractivity contribution in [2.75, 3.05) is 63.1 Å². The Labute approximate surface area is 194 Å². The quantitative estimate of drug-likeness (QED) is 0.479. The van der Waals surface area contributed by atoms with Crippen LogP contribution in [0.3, 0.4) is 0 Å². The molecule has 0 amide bonds. The Kier molecular flexibility index (Phi) is 6.42. The molecule has 0 bridgehead atoms. The second-order valence-corrected chi connectivity index (χ2v) is 9.23. The Balaban J connectivity index is 1.43. The molecule has 3 aromatic rings. The molecular weight excluding hydrogens is 444 g/mol. The Morgan fingerprint density at radius 2 is 1.85 bits per heavy atom. The van der Waals surface area contributed by atoms with Gasteiger partial charge in [-0.05, 0) is 6.07 Å². The maximum Gasteiger partial charge on any atom is 0.219 e. The second kappa shape index (κ2) is 9.61. The van der Waals surface area contributed by atoms with Crippen LogP contribution in [0.4, 0.5) is 11.8 Å². The van der Waals surface area contributed by atoms with E-state index in [2.05, 4.69) is 25.8 Å². The molecule has 0 radical (unpaired) electrons. The van der Waals surface area contributed by atoms with Gasteiger partial charge < -0.3 is 20.5 Å². The number of ether oxygens (including phenoxy) is 1. The smallest absolute Gasteiger partial charge is 0.219 e. The lowest BCUT2D eigenvalue weighted by atomic mass is 10.2. The maximum absolute atomic E-state index is 10.8. The first-order valence-corrected chi connectivity index (χ1v) is 11.7. The number of nitrogens with two attached hydrogens (primary N) is 1. The van der Waals surface area contributed by atoms with Crippen LogP contribution in [0.5, 0.6) is 0 Å². The van der Waals surface area contributed by atoms with Crippen molar-refractivity contribution in [1.82, 2.24) is 29.7 Å². The number of hydrogen-bond donors (Lipinski definition) is 2. The number of nitrogens with zero attached hydrogens (tertiary/aromatic N) is 7. The Hall–Kier alpha value is -2.77. The predicted molar refractivity (Wildman–Crippen MR) is 125 cm³/mol. The lowest BCUT2D eigenvalue weighted by molar-refractivity contribution is -0.125. The third-order valence-electron chi connectivity index (χ3n) is 5.93. The van der Waals surface area contributed by atoms with E-state index in [4.69, 9.17) is 20.4 Å². The summed E-state index contributed by atoms with van der Waals surface area (Å²) in [7, 11) is 0. The fourth-order valence-corrected chi connectivity index (χ4v) is 5.26. The highest BCUT2D eigenvalue weighted by Crippen LogP contribution is 2.35. The molecule has 2 saturated heterocycles. The monoisotopic (exact) mass is 470 g/mol. The molecule has 2 aliphatic rings. The number of rotatable bonds is 6. The third-order valence-corrected chi connectivity index (χ3v) is 7.03. The lowest BCUT2D eigenvalue weighted by Crippen LogP contribution is -2.50. The fraction of sp³-hybridized carbons (Fsp3) is 0.476. The minimum absolute atomic E-state index is 0.215. The van der Waals surface area contributed by atoms with E-state index in [1.165, 1.54) is 4.88 Å². The number of hydrogen-bond acceptors (Lipinski definition) is 12. The number of morpholine rings is 1. The minimum atomic E-state index is -1.02. The molecule has 1 atom stereocenters. The third kappa shape index (κ3) is 4.80. The SMILES string of the molecule is Nc1ncc(-c2nc(N3CCOCC3)c3sc(CN4CCN(C(O)C=O)CC4)cc3n2)cn1. The number of carbonyl (C=O) groups is 1. The van der Waals surface area contributed by atoms with Crippen molar-refractivity contribution in [3.05, 3.63) is 23.3 Å². The average molecular weight is 471 g/mol. The lowest BCUT2D eigenvalue weighted by Gasteiger charge is -2.35. The van der Waals surface area contributed by atoms with Crippen LogP contribution < -0.4 is 10.6 Å². The van der Waals surface area contributed by atoms with Crippen LogP contribution in [0.15, 0.2) is 18.5 Å². The number of anilines is 2. The molecule has 3 N–H and O–H groups in total. The minimum Gasteiger partial charge on any atom is -0.378 e. The zero-order chi connectivity index (χ0) is 22.8. The summed E-state index contributed by atoms with van der Waals surface area (Å²) in [5.74, 6) is 1.70.